The summed E-state index contributed by atoms with van der Waals surface area (Å²) in [7, 11) is 1.55. The van der Waals surface area contributed by atoms with Gasteiger partial charge in [0.1, 0.15) is 0 Å². The molecule has 10 unspecified atom stereocenters. The third-order valence-electron chi connectivity index (χ3n) is 14.6. The van der Waals surface area contributed by atoms with Gasteiger partial charge in [-0.2, -0.15) is 0 Å². The molecule has 0 aromatic rings. The molecule has 5 fully saturated rings. The molecule has 0 amide bonds. The maximum absolute atomic E-state index is 12.7. The number of carbonyl (C=O) groups excluding carboxylic acids is 1. The van der Waals surface area contributed by atoms with Crippen molar-refractivity contribution in [2.24, 2.45) is 62.6 Å². The van der Waals surface area contributed by atoms with E-state index in [0.29, 0.717) is 42.4 Å². The molecule has 5 rings (SSSR count). The molecule has 0 aliphatic heterocycles. The van der Waals surface area contributed by atoms with Gasteiger partial charge in [0, 0.05) is 6.42 Å². The SMILES string of the molecule is C=C(C)C1CCC2(CC(=O)OC)CCC3(C)C(CCC4C5(C)CCC(CC(=O)O)C(C)(C)C5CCC43C)C12. The van der Waals surface area contributed by atoms with E-state index in [1.807, 2.05) is 0 Å². The van der Waals surface area contributed by atoms with Crippen molar-refractivity contribution in [2.75, 3.05) is 7.11 Å². The number of fused-ring (bicyclic) bond motifs is 7. The van der Waals surface area contributed by atoms with Gasteiger partial charge in [-0.25, -0.2) is 0 Å². The van der Waals surface area contributed by atoms with E-state index in [4.69, 9.17) is 4.74 Å². The van der Waals surface area contributed by atoms with Crippen LogP contribution in [0.3, 0.4) is 0 Å². The first-order chi connectivity index (χ1) is 17.7. The van der Waals surface area contributed by atoms with Crippen LogP contribution in [-0.2, 0) is 14.3 Å². The summed E-state index contributed by atoms with van der Waals surface area (Å²) in [6, 6.07) is 0. The Morgan fingerprint density at radius 1 is 0.868 bits per heavy atom. The van der Waals surface area contributed by atoms with Crippen LogP contribution in [0.25, 0.3) is 0 Å². The van der Waals surface area contributed by atoms with Crippen LogP contribution in [0.4, 0.5) is 0 Å². The number of esters is 1. The summed E-state index contributed by atoms with van der Waals surface area (Å²) in [5.74, 6) is 2.54. The molecular formula is C34H54O4. The Bertz CT molecular complexity index is 998. The van der Waals surface area contributed by atoms with Crippen molar-refractivity contribution >= 4 is 11.9 Å². The van der Waals surface area contributed by atoms with Crippen molar-refractivity contribution in [2.45, 2.75) is 119 Å². The van der Waals surface area contributed by atoms with E-state index in [1.165, 1.54) is 50.5 Å². The molecule has 4 nitrogen and oxygen atoms in total. The van der Waals surface area contributed by atoms with E-state index < -0.39 is 5.97 Å². The Labute approximate surface area is 231 Å². The molecule has 4 heteroatoms. The second-order valence-electron chi connectivity index (χ2n) is 16.0. The average Bonchev–Trinajstić information content (AvgIpc) is 3.21. The van der Waals surface area contributed by atoms with Crippen LogP contribution in [0.15, 0.2) is 12.2 Å². The minimum absolute atomic E-state index is 0.0331. The highest BCUT2D eigenvalue weighted by Gasteiger charge is 2.71. The van der Waals surface area contributed by atoms with Crippen LogP contribution in [0, 0.1) is 62.6 Å². The van der Waals surface area contributed by atoms with E-state index in [2.05, 4.69) is 48.1 Å². The third-order valence-corrected chi connectivity index (χ3v) is 14.6. The van der Waals surface area contributed by atoms with E-state index in [0.717, 1.165) is 19.3 Å². The maximum Gasteiger partial charge on any atom is 0.306 e. The van der Waals surface area contributed by atoms with Crippen molar-refractivity contribution in [3.8, 4) is 0 Å². The molecule has 5 aliphatic carbocycles. The second kappa shape index (κ2) is 9.10. The smallest absolute Gasteiger partial charge is 0.306 e. The van der Waals surface area contributed by atoms with E-state index in [9.17, 15) is 14.7 Å². The van der Waals surface area contributed by atoms with Gasteiger partial charge in [-0.3, -0.25) is 9.59 Å². The Morgan fingerprint density at radius 3 is 2.21 bits per heavy atom. The van der Waals surface area contributed by atoms with Gasteiger partial charge in [0.25, 0.3) is 0 Å². The molecule has 0 radical (unpaired) electrons. The molecule has 0 spiro atoms. The van der Waals surface area contributed by atoms with Gasteiger partial charge in [-0.05, 0) is 134 Å². The first-order valence-corrected chi connectivity index (χ1v) is 15.6. The summed E-state index contributed by atoms with van der Waals surface area (Å²) in [4.78, 5) is 24.4. The minimum Gasteiger partial charge on any atom is -0.481 e. The van der Waals surface area contributed by atoms with Crippen molar-refractivity contribution in [1.82, 2.24) is 0 Å². The van der Waals surface area contributed by atoms with E-state index in [-0.39, 0.29) is 39.0 Å². The third kappa shape index (κ3) is 3.73. The number of carbonyl (C=O) groups is 2. The molecule has 0 aromatic heterocycles. The van der Waals surface area contributed by atoms with Crippen LogP contribution in [0.2, 0.25) is 0 Å². The van der Waals surface area contributed by atoms with Crippen LogP contribution in [0.1, 0.15) is 119 Å². The summed E-state index contributed by atoms with van der Waals surface area (Å²) < 4.78 is 5.24. The highest BCUT2D eigenvalue weighted by molar-refractivity contribution is 5.70. The summed E-state index contributed by atoms with van der Waals surface area (Å²) in [5.41, 5.74) is 2.24. The van der Waals surface area contributed by atoms with Gasteiger partial charge in [0.15, 0.2) is 0 Å². The predicted octanol–water partition coefficient (Wildman–Crippen LogP) is 8.30. The fourth-order valence-electron chi connectivity index (χ4n) is 12.6. The standard InChI is InChI=1S/C34H54O4/c1-21(2)23-12-16-34(20-28(37)38-8)18-17-32(6)24(29(23)34)9-10-26-31(5)14-11-22(19-27(35)36)30(3,4)25(31)13-15-33(26,32)7/h22-26,29H,1,9-20H2,2-8H3,(H,35,36). The van der Waals surface area contributed by atoms with Crippen LogP contribution in [-0.4, -0.2) is 24.2 Å². The number of rotatable bonds is 5. The number of methoxy groups -OCH3 is 1. The number of allylic oxidation sites excluding steroid dienone is 1. The average molecular weight is 527 g/mol. The lowest BCUT2D eigenvalue weighted by molar-refractivity contribution is -0.243. The van der Waals surface area contributed by atoms with Gasteiger partial charge in [0.2, 0.25) is 0 Å². The monoisotopic (exact) mass is 526 g/mol. The number of ether oxygens (including phenoxy) is 1. The Morgan fingerprint density at radius 2 is 1.58 bits per heavy atom. The van der Waals surface area contributed by atoms with Crippen molar-refractivity contribution in [3.63, 3.8) is 0 Å². The fraction of sp³-hybridized carbons (Fsp3) is 0.882. The minimum atomic E-state index is -0.637. The molecule has 38 heavy (non-hydrogen) atoms. The van der Waals surface area contributed by atoms with E-state index in [1.54, 1.807) is 7.11 Å². The number of hydrogen-bond donors (Lipinski definition) is 1. The first kappa shape index (κ1) is 28.2. The molecule has 1 N–H and O–H groups in total. The van der Waals surface area contributed by atoms with Gasteiger partial charge in [-0.15, -0.1) is 0 Å². The quantitative estimate of drug-likeness (QED) is 0.289. The highest BCUT2D eigenvalue weighted by atomic mass is 16.5. The molecule has 0 heterocycles. The Balaban J connectivity index is 1.50. The summed E-state index contributed by atoms with van der Waals surface area (Å²) in [6.45, 7) is 19.4. The molecular weight excluding hydrogens is 472 g/mol. The molecule has 0 saturated heterocycles. The number of carboxylic acids is 1. The maximum atomic E-state index is 12.7. The van der Waals surface area contributed by atoms with Crippen molar-refractivity contribution in [1.29, 1.82) is 0 Å². The van der Waals surface area contributed by atoms with Crippen LogP contribution in [0.5, 0.6) is 0 Å². The molecule has 0 bridgehead atoms. The summed E-state index contributed by atoms with van der Waals surface area (Å²) >= 11 is 0. The lowest BCUT2D eigenvalue weighted by atomic mass is 9.31. The molecule has 0 aromatic carbocycles. The summed E-state index contributed by atoms with van der Waals surface area (Å²) in [6.07, 6.45) is 12.8. The predicted molar refractivity (Wildman–Crippen MR) is 151 cm³/mol. The lowest BCUT2D eigenvalue weighted by Gasteiger charge is -2.73. The summed E-state index contributed by atoms with van der Waals surface area (Å²) in [5, 5.41) is 9.64. The zero-order valence-electron chi connectivity index (χ0n) is 25.3. The Hall–Kier alpha value is -1.32. The van der Waals surface area contributed by atoms with Gasteiger partial charge < -0.3 is 9.84 Å². The first-order valence-electron chi connectivity index (χ1n) is 15.6. The lowest BCUT2D eigenvalue weighted by Crippen LogP contribution is -2.66. The van der Waals surface area contributed by atoms with Gasteiger partial charge >= 0.3 is 11.9 Å². The number of aliphatic carboxylic acids is 1. The molecule has 5 aliphatic rings. The molecule has 5 saturated carbocycles. The topological polar surface area (TPSA) is 63.6 Å². The van der Waals surface area contributed by atoms with Crippen LogP contribution >= 0.6 is 0 Å². The number of hydrogen-bond acceptors (Lipinski definition) is 3. The Kier molecular flexibility index (Phi) is 6.76. The van der Waals surface area contributed by atoms with Crippen LogP contribution < -0.4 is 0 Å². The second-order valence-corrected chi connectivity index (χ2v) is 16.0. The van der Waals surface area contributed by atoms with Gasteiger partial charge in [-0.1, -0.05) is 46.8 Å². The largest absolute Gasteiger partial charge is 0.481 e. The zero-order chi connectivity index (χ0) is 27.9. The molecule has 10 atom stereocenters. The zero-order valence-corrected chi connectivity index (χ0v) is 25.3. The van der Waals surface area contributed by atoms with Gasteiger partial charge in [0.05, 0.1) is 13.5 Å². The van der Waals surface area contributed by atoms with Crippen molar-refractivity contribution < 1.29 is 19.4 Å². The van der Waals surface area contributed by atoms with Crippen molar-refractivity contribution in [3.05, 3.63) is 12.2 Å². The van der Waals surface area contributed by atoms with E-state index >= 15 is 0 Å². The highest BCUT2D eigenvalue weighted by Crippen LogP contribution is 2.78. The normalized spacial score (nSPS) is 49.1. The molecule has 214 valence electrons. The fourth-order valence-corrected chi connectivity index (χ4v) is 12.6. The number of carboxylic acid groups (broad SMARTS) is 1.